The van der Waals surface area contributed by atoms with Crippen molar-refractivity contribution in [2.75, 3.05) is 18.8 Å². The zero-order chi connectivity index (χ0) is 16.7. The van der Waals surface area contributed by atoms with E-state index < -0.39 is 6.04 Å². The molecule has 0 spiro atoms. The van der Waals surface area contributed by atoms with Crippen LogP contribution in [0.5, 0.6) is 0 Å². The first kappa shape index (κ1) is 15.3. The highest BCUT2D eigenvalue weighted by Gasteiger charge is 2.32. The molecule has 2 aromatic rings. The van der Waals surface area contributed by atoms with Gasteiger partial charge in [-0.25, -0.2) is 4.39 Å². The summed E-state index contributed by atoms with van der Waals surface area (Å²) >= 11 is 1.15. The van der Waals surface area contributed by atoms with Gasteiger partial charge in [-0.1, -0.05) is 17.8 Å². The van der Waals surface area contributed by atoms with Gasteiger partial charge in [-0.3, -0.25) is 9.59 Å². The molecule has 0 aliphatic carbocycles. The van der Waals surface area contributed by atoms with Gasteiger partial charge in [0, 0.05) is 41.5 Å². The molecule has 1 atom stereocenters. The molecular formula is C17H16FN3O2S. The molecular weight excluding hydrogens is 329 g/mol. The fourth-order valence-electron chi connectivity index (χ4n) is 3.22. The minimum atomic E-state index is -0.409. The number of rotatable bonds is 2. The molecule has 0 unspecified atom stereocenters. The lowest BCUT2D eigenvalue weighted by Crippen LogP contribution is -2.46. The van der Waals surface area contributed by atoms with Crippen LogP contribution in [-0.2, 0) is 4.79 Å². The third kappa shape index (κ3) is 2.69. The van der Waals surface area contributed by atoms with Gasteiger partial charge in [0.1, 0.15) is 11.9 Å². The smallest absolute Gasteiger partial charge is 0.279 e. The molecule has 0 saturated carbocycles. The fraction of sp³-hybridized carbons (Fsp3) is 0.294. The van der Waals surface area contributed by atoms with Gasteiger partial charge in [-0.2, -0.15) is 0 Å². The summed E-state index contributed by atoms with van der Waals surface area (Å²) in [5, 5.41) is 3.55. The lowest BCUT2D eigenvalue weighted by molar-refractivity contribution is -0.132. The van der Waals surface area contributed by atoms with Crippen molar-refractivity contribution in [3.63, 3.8) is 0 Å². The number of nitrogens with one attached hydrogen (secondary N) is 2. The molecule has 3 heterocycles. The average Bonchev–Trinajstić information content (AvgIpc) is 3.20. The molecule has 1 saturated heterocycles. The Hall–Kier alpha value is -2.28. The number of carbonyl (C=O) groups is 2. The fourth-order valence-corrected chi connectivity index (χ4v) is 3.99. The predicted octanol–water partition coefficient (Wildman–Crippen LogP) is 2.75. The second-order valence-corrected chi connectivity index (χ2v) is 6.94. The van der Waals surface area contributed by atoms with Crippen LogP contribution in [0.3, 0.4) is 0 Å². The third-order valence-electron chi connectivity index (χ3n) is 4.48. The Labute approximate surface area is 142 Å². The first-order valence-corrected chi connectivity index (χ1v) is 8.78. The molecule has 7 heteroatoms. The average molecular weight is 345 g/mol. The molecule has 2 aliphatic heterocycles. The Morgan fingerprint density at radius 1 is 1.38 bits per heavy atom. The minimum Gasteiger partial charge on any atom is -0.360 e. The van der Waals surface area contributed by atoms with Crippen molar-refractivity contribution in [3.8, 4) is 0 Å². The molecule has 1 aromatic heterocycles. The summed E-state index contributed by atoms with van der Waals surface area (Å²) in [6.45, 7) is 1.15. The number of fused-ring (bicyclic) bond motifs is 1. The van der Waals surface area contributed by atoms with E-state index in [9.17, 15) is 14.0 Å². The maximum atomic E-state index is 13.3. The summed E-state index contributed by atoms with van der Waals surface area (Å²) in [5.74, 6) is 0.213. The van der Waals surface area contributed by atoms with Crippen molar-refractivity contribution >= 4 is 39.4 Å². The van der Waals surface area contributed by atoms with E-state index in [1.807, 2.05) is 12.3 Å². The molecule has 2 amide bonds. The number of nitrogens with zero attached hydrogens (tertiary/aromatic N) is 1. The van der Waals surface area contributed by atoms with Crippen LogP contribution in [0.1, 0.15) is 12.0 Å². The maximum Gasteiger partial charge on any atom is 0.279 e. The van der Waals surface area contributed by atoms with E-state index in [1.165, 1.54) is 12.1 Å². The third-order valence-corrected chi connectivity index (χ3v) is 5.36. The van der Waals surface area contributed by atoms with E-state index in [2.05, 4.69) is 10.3 Å². The number of hydrogen-bond donors (Lipinski definition) is 2. The highest BCUT2D eigenvalue weighted by atomic mass is 32.2. The Bertz CT molecular complexity index is 861. The van der Waals surface area contributed by atoms with Gasteiger partial charge < -0.3 is 15.2 Å². The largest absolute Gasteiger partial charge is 0.360 e. The van der Waals surface area contributed by atoms with Gasteiger partial charge in [0.05, 0.1) is 0 Å². The quantitative estimate of drug-likeness (QED) is 0.880. The summed E-state index contributed by atoms with van der Waals surface area (Å²) < 4.78 is 13.3. The molecule has 124 valence electrons. The van der Waals surface area contributed by atoms with Crippen LogP contribution in [0.25, 0.3) is 16.5 Å². The number of H-pyrrole nitrogens is 1. The number of aromatic nitrogens is 1. The summed E-state index contributed by atoms with van der Waals surface area (Å²) in [6, 6.07) is 4.31. The van der Waals surface area contributed by atoms with Crippen LogP contribution >= 0.6 is 11.8 Å². The summed E-state index contributed by atoms with van der Waals surface area (Å²) in [4.78, 5) is 28.5. The maximum absolute atomic E-state index is 13.3. The SMILES string of the molecule is O=C1N[C@@H](C(=O)N2CC=C(c3c[nH]c4cc(F)ccc34)CC2)CS1. The number of carbonyl (C=O) groups excluding carboxylic acids is 2. The second kappa shape index (κ2) is 5.98. The molecule has 4 rings (SSSR count). The van der Waals surface area contributed by atoms with E-state index in [0.717, 1.165) is 40.2 Å². The minimum absolute atomic E-state index is 0.0235. The zero-order valence-corrected chi connectivity index (χ0v) is 13.7. The first-order chi connectivity index (χ1) is 11.6. The van der Waals surface area contributed by atoms with Gasteiger partial charge in [0.25, 0.3) is 5.24 Å². The van der Waals surface area contributed by atoms with Gasteiger partial charge in [-0.05, 0) is 30.2 Å². The predicted molar refractivity (Wildman–Crippen MR) is 92.2 cm³/mol. The van der Waals surface area contributed by atoms with E-state index >= 15 is 0 Å². The highest BCUT2D eigenvalue weighted by molar-refractivity contribution is 8.14. The van der Waals surface area contributed by atoms with Crippen molar-refractivity contribution in [1.82, 2.24) is 15.2 Å². The number of halogens is 1. The Morgan fingerprint density at radius 3 is 2.96 bits per heavy atom. The van der Waals surface area contributed by atoms with Crippen LogP contribution in [0, 0.1) is 5.82 Å². The van der Waals surface area contributed by atoms with Crippen LogP contribution in [-0.4, -0.2) is 45.9 Å². The van der Waals surface area contributed by atoms with Crippen LogP contribution < -0.4 is 5.32 Å². The second-order valence-electron chi connectivity index (χ2n) is 5.95. The van der Waals surface area contributed by atoms with E-state index in [1.54, 1.807) is 11.0 Å². The Morgan fingerprint density at radius 2 is 2.25 bits per heavy atom. The zero-order valence-electron chi connectivity index (χ0n) is 12.8. The number of hydrogen-bond acceptors (Lipinski definition) is 3. The van der Waals surface area contributed by atoms with Gasteiger partial charge in [0.15, 0.2) is 0 Å². The summed E-state index contributed by atoms with van der Waals surface area (Å²) in [6.07, 6.45) is 4.67. The van der Waals surface area contributed by atoms with Crippen LogP contribution in [0.4, 0.5) is 9.18 Å². The van der Waals surface area contributed by atoms with Crippen molar-refractivity contribution in [2.45, 2.75) is 12.5 Å². The van der Waals surface area contributed by atoms with Gasteiger partial charge >= 0.3 is 0 Å². The molecule has 5 nitrogen and oxygen atoms in total. The topological polar surface area (TPSA) is 65.2 Å². The van der Waals surface area contributed by atoms with Crippen molar-refractivity contribution < 1.29 is 14.0 Å². The van der Waals surface area contributed by atoms with E-state index in [-0.39, 0.29) is 17.0 Å². The summed E-state index contributed by atoms with van der Waals surface area (Å²) in [5.41, 5.74) is 2.98. The van der Waals surface area contributed by atoms with Crippen molar-refractivity contribution in [3.05, 3.63) is 41.9 Å². The lowest BCUT2D eigenvalue weighted by atomic mass is 9.98. The monoisotopic (exact) mass is 345 g/mol. The van der Waals surface area contributed by atoms with Gasteiger partial charge in [-0.15, -0.1) is 0 Å². The normalized spacial score (nSPS) is 21.0. The standard InChI is InChI=1S/C17H16FN3O2S/c18-11-1-2-12-13(8-19-14(12)7-11)10-3-5-21(6-4-10)16(22)15-9-24-17(23)20-15/h1-3,7-8,15,19H,4-6,9H2,(H,20,23)/t15-/m1/s1. The number of benzene rings is 1. The number of amides is 2. The molecule has 1 fully saturated rings. The molecule has 1 aromatic carbocycles. The van der Waals surface area contributed by atoms with Crippen molar-refractivity contribution in [1.29, 1.82) is 0 Å². The number of aromatic amines is 1. The Kier molecular flexibility index (Phi) is 3.80. The number of thioether (sulfide) groups is 1. The van der Waals surface area contributed by atoms with E-state index in [0.29, 0.717) is 18.8 Å². The van der Waals surface area contributed by atoms with E-state index in [4.69, 9.17) is 0 Å². The molecule has 0 radical (unpaired) electrons. The van der Waals surface area contributed by atoms with Crippen molar-refractivity contribution in [2.24, 2.45) is 0 Å². The first-order valence-electron chi connectivity index (χ1n) is 7.80. The lowest BCUT2D eigenvalue weighted by Gasteiger charge is -2.28. The molecule has 2 aliphatic rings. The van der Waals surface area contributed by atoms with Crippen LogP contribution in [0.15, 0.2) is 30.5 Å². The van der Waals surface area contributed by atoms with Crippen LogP contribution in [0.2, 0.25) is 0 Å². The summed E-state index contributed by atoms with van der Waals surface area (Å²) in [7, 11) is 0. The molecule has 2 N–H and O–H groups in total. The molecule has 24 heavy (non-hydrogen) atoms. The Balaban J connectivity index is 1.51. The van der Waals surface area contributed by atoms with Gasteiger partial charge in [0.2, 0.25) is 5.91 Å². The highest BCUT2D eigenvalue weighted by Crippen LogP contribution is 2.30. The molecule has 0 bridgehead atoms.